The van der Waals surface area contributed by atoms with E-state index in [9.17, 15) is 26.3 Å². The minimum Gasteiger partial charge on any atom is -0.378 e. The van der Waals surface area contributed by atoms with Gasteiger partial charge in [0.1, 0.15) is 5.70 Å². The molecule has 2 aliphatic heterocycles. The minimum atomic E-state index is -4.89. The Morgan fingerprint density at radius 3 is 2.16 bits per heavy atom. The van der Waals surface area contributed by atoms with Crippen LogP contribution in [-0.4, -0.2) is 49.1 Å². The van der Waals surface area contributed by atoms with Gasteiger partial charge in [-0.1, -0.05) is 0 Å². The van der Waals surface area contributed by atoms with Gasteiger partial charge in [-0.2, -0.15) is 26.3 Å². The molecule has 0 amide bonds. The lowest BCUT2D eigenvalue weighted by Crippen LogP contribution is -2.51. The van der Waals surface area contributed by atoms with Gasteiger partial charge in [0.2, 0.25) is 0 Å². The predicted octanol–water partition coefficient (Wildman–Crippen LogP) is 2.10. The molecule has 3 nitrogen and oxygen atoms in total. The van der Waals surface area contributed by atoms with E-state index in [2.05, 4.69) is 4.99 Å². The molecule has 0 spiro atoms. The van der Waals surface area contributed by atoms with Gasteiger partial charge in [0.25, 0.3) is 0 Å². The fourth-order valence-electron chi connectivity index (χ4n) is 1.98. The van der Waals surface area contributed by atoms with Crippen molar-refractivity contribution in [2.75, 3.05) is 26.2 Å². The molecule has 0 aromatic heterocycles. The van der Waals surface area contributed by atoms with Crippen LogP contribution in [0.3, 0.4) is 0 Å². The maximum absolute atomic E-state index is 12.7. The summed E-state index contributed by atoms with van der Waals surface area (Å²) in [5, 5.41) is 1.99. The molecule has 0 saturated heterocycles. The summed E-state index contributed by atoms with van der Waals surface area (Å²) in [4.78, 5) is 4.28. The number of alkyl halides is 6. The molecule has 2 heterocycles. The first-order valence-electron chi connectivity index (χ1n) is 5.13. The topological polar surface area (TPSA) is 27.6 Å². The van der Waals surface area contributed by atoms with Gasteiger partial charge in [-0.25, -0.2) is 0 Å². The van der Waals surface area contributed by atoms with Gasteiger partial charge in [0.05, 0.1) is 12.2 Å². The molecular formula is C9H10ClF6N3. The molecule has 0 aromatic carbocycles. The molecule has 0 fully saturated rings. The second kappa shape index (κ2) is 5.10. The zero-order valence-corrected chi connectivity index (χ0v) is 10.2. The summed E-state index contributed by atoms with van der Waals surface area (Å²) in [7, 11) is 0. The van der Waals surface area contributed by atoms with Crippen molar-refractivity contribution in [2.45, 2.75) is 12.4 Å². The highest BCUT2D eigenvalue weighted by Crippen LogP contribution is 2.35. The monoisotopic (exact) mass is 309 g/mol. The largest absolute Gasteiger partial charge is 0.435 e. The van der Waals surface area contributed by atoms with E-state index < -0.39 is 29.5 Å². The van der Waals surface area contributed by atoms with Crippen LogP contribution in [0.5, 0.6) is 0 Å². The number of fused-ring (bicyclic) bond motifs is 1. The molecular weight excluding hydrogens is 300 g/mol. The Labute approximate surface area is 110 Å². The lowest BCUT2D eigenvalue weighted by molar-refractivity contribution is -0.101. The number of halogens is 7. The Morgan fingerprint density at radius 2 is 1.63 bits per heavy atom. The number of nitrogens with one attached hydrogen (secondary N) is 1. The van der Waals surface area contributed by atoms with E-state index in [1.54, 1.807) is 0 Å². The quantitative estimate of drug-likeness (QED) is 0.694. The lowest BCUT2D eigenvalue weighted by Gasteiger charge is -2.38. The van der Waals surface area contributed by atoms with Crippen LogP contribution in [0.15, 0.2) is 16.4 Å². The summed E-state index contributed by atoms with van der Waals surface area (Å²) in [5.41, 5.74) is -3.69. The average molecular weight is 310 g/mol. The van der Waals surface area contributed by atoms with Crippen molar-refractivity contribution in [3.05, 3.63) is 11.4 Å². The molecule has 0 atom stereocenters. The molecule has 1 N–H and O–H groups in total. The molecule has 2 rings (SSSR count). The van der Waals surface area contributed by atoms with Gasteiger partial charge in [-0.3, -0.25) is 4.99 Å². The fourth-order valence-corrected chi connectivity index (χ4v) is 1.98. The first-order chi connectivity index (χ1) is 8.21. The summed E-state index contributed by atoms with van der Waals surface area (Å²) in [6.07, 6.45) is -9.74. The maximum Gasteiger partial charge on any atom is 0.435 e. The van der Waals surface area contributed by atoms with Crippen LogP contribution in [0, 0.1) is 0 Å². The number of aliphatic imine (C=N–C) groups is 1. The molecule has 0 bridgehead atoms. The first kappa shape index (κ1) is 15.9. The van der Waals surface area contributed by atoms with E-state index in [4.69, 9.17) is 0 Å². The second-order valence-electron chi connectivity index (χ2n) is 3.86. The van der Waals surface area contributed by atoms with E-state index in [0.717, 1.165) is 4.90 Å². The van der Waals surface area contributed by atoms with Crippen LogP contribution < -0.4 is 5.32 Å². The smallest absolute Gasteiger partial charge is 0.378 e. The highest BCUT2D eigenvalue weighted by molar-refractivity contribution is 6.05. The Hall–Kier alpha value is -1.12. The molecule has 2 aliphatic rings. The highest BCUT2D eigenvalue weighted by atomic mass is 35.5. The van der Waals surface area contributed by atoms with Crippen molar-refractivity contribution in [1.29, 1.82) is 0 Å². The summed E-state index contributed by atoms with van der Waals surface area (Å²) >= 11 is 0. The number of allylic oxidation sites excluding steroid dienone is 2. The third-order valence-corrected chi connectivity index (χ3v) is 2.65. The van der Waals surface area contributed by atoms with Crippen molar-refractivity contribution in [3.63, 3.8) is 0 Å². The van der Waals surface area contributed by atoms with Gasteiger partial charge in [-0.15, -0.1) is 12.4 Å². The SMILES string of the molecule is Cl.FC(F)(F)C1=NCCN2CCNC(C(F)(F)F)=C12. The Bertz CT molecular complexity index is 411. The van der Waals surface area contributed by atoms with Crippen molar-refractivity contribution >= 4 is 18.1 Å². The van der Waals surface area contributed by atoms with E-state index >= 15 is 0 Å². The van der Waals surface area contributed by atoms with Gasteiger partial charge in [0, 0.05) is 19.6 Å². The van der Waals surface area contributed by atoms with Crippen LogP contribution in [0.25, 0.3) is 0 Å². The Kier molecular flexibility index (Phi) is 4.28. The summed E-state index contributed by atoms with van der Waals surface area (Å²) < 4.78 is 76.2. The normalized spacial score (nSPS) is 20.3. The van der Waals surface area contributed by atoms with Gasteiger partial charge < -0.3 is 10.2 Å². The zero-order chi connectivity index (χ0) is 13.6. The van der Waals surface area contributed by atoms with Crippen molar-refractivity contribution < 1.29 is 26.3 Å². The zero-order valence-electron chi connectivity index (χ0n) is 9.40. The molecule has 10 heteroatoms. The van der Waals surface area contributed by atoms with E-state index in [1.807, 2.05) is 5.32 Å². The molecule has 19 heavy (non-hydrogen) atoms. The van der Waals surface area contributed by atoms with Crippen LogP contribution in [-0.2, 0) is 0 Å². The fraction of sp³-hybridized carbons (Fsp3) is 0.667. The van der Waals surface area contributed by atoms with Crippen molar-refractivity contribution in [3.8, 4) is 0 Å². The van der Waals surface area contributed by atoms with E-state index in [0.29, 0.717) is 0 Å². The number of hydrogen-bond acceptors (Lipinski definition) is 3. The number of nitrogens with zero attached hydrogens (tertiary/aromatic N) is 2. The maximum atomic E-state index is 12.7. The molecule has 0 unspecified atom stereocenters. The van der Waals surface area contributed by atoms with Crippen molar-refractivity contribution in [2.24, 2.45) is 4.99 Å². The Morgan fingerprint density at radius 1 is 1.00 bits per heavy atom. The van der Waals surface area contributed by atoms with Crippen LogP contribution in [0.2, 0.25) is 0 Å². The summed E-state index contributed by atoms with van der Waals surface area (Å²) in [5.74, 6) is 0. The minimum absolute atomic E-state index is 0. The third-order valence-electron chi connectivity index (χ3n) is 2.65. The van der Waals surface area contributed by atoms with Gasteiger partial charge in [-0.05, 0) is 0 Å². The van der Waals surface area contributed by atoms with Crippen LogP contribution in [0.4, 0.5) is 26.3 Å². The number of rotatable bonds is 0. The molecule has 0 saturated carbocycles. The Balaban J connectivity index is 0.00000180. The van der Waals surface area contributed by atoms with Crippen LogP contribution >= 0.6 is 12.4 Å². The highest BCUT2D eigenvalue weighted by Gasteiger charge is 2.48. The molecule has 0 aromatic rings. The molecule has 0 radical (unpaired) electrons. The van der Waals surface area contributed by atoms with E-state index in [1.165, 1.54) is 0 Å². The lowest BCUT2D eigenvalue weighted by atomic mass is 10.1. The number of hydrogen-bond donors (Lipinski definition) is 1. The predicted molar refractivity (Wildman–Crippen MR) is 58.3 cm³/mol. The molecule has 0 aliphatic carbocycles. The van der Waals surface area contributed by atoms with Crippen molar-refractivity contribution in [1.82, 2.24) is 10.2 Å². The second-order valence-corrected chi connectivity index (χ2v) is 3.86. The van der Waals surface area contributed by atoms with Crippen LogP contribution in [0.1, 0.15) is 0 Å². The third kappa shape index (κ3) is 3.07. The average Bonchev–Trinajstić information content (AvgIpc) is 2.24. The standard InChI is InChI=1S/C9H9F6N3.ClH/c10-8(11,12)6-5-7(9(13,14)15)17-2-4-18(5)3-1-16-6;/h16H,1-4H2;1H. The van der Waals surface area contributed by atoms with Gasteiger partial charge in [0.15, 0.2) is 5.71 Å². The summed E-state index contributed by atoms with van der Waals surface area (Å²) in [6.45, 7) is -0.0207. The molecule has 110 valence electrons. The van der Waals surface area contributed by atoms with Gasteiger partial charge >= 0.3 is 12.4 Å². The summed E-state index contributed by atoms with van der Waals surface area (Å²) in [6, 6.07) is 0. The first-order valence-corrected chi connectivity index (χ1v) is 5.13. The van der Waals surface area contributed by atoms with E-state index in [-0.39, 0.29) is 38.6 Å².